The lowest BCUT2D eigenvalue weighted by molar-refractivity contribution is -0.684. The van der Waals surface area contributed by atoms with Crippen LogP contribution in [0.4, 0.5) is 11.5 Å². The fraction of sp³-hybridized carbons (Fsp3) is 0.421. The number of nitrogens with zero attached hydrogens (tertiary/aromatic N) is 5. The van der Waals surface area contributed by atoms with Crippen LogP contribution in [0.2, 0.25) is 0 Å². The number of rotatable bonds is 17. The highest BCUT2D eigenvalue weighted by Crippen LogP contribution is 2.49. The summed E-state index contributed by atoms with van der Waals surface area (Å²) in [6, 6.07) is 5.89. The van der Waals surface area contributed by atoms with E-state index in [9.17, 15) is 59.5 Å². The molecule has 61 heavy (non-hydrogen) atoms. The van der Waals surface area contributed by atoms with Gasteiger partial charge in [-0.1, -0.05) is 32.1 Å². The normalized spacial score (nSPS) is 18.0. The number of pyridine rings is 1. The van der Waals surface area contributed by atoms with Gasteiger partial charge in [0.05, 0.1) is 44.3 Å². The number of carbonyl (C=O) groups excluding carboxylic acids is 4. The number of carbonyl (C=O) groups is 4. The number of allylic oxidation sites excluding steroid dienone is 6. The van der Waals surface area contributed by atoms with Gasteiger partial charge in [-0.15, -0.1) is 5.06 Å². The molecule has 330 valence electrons. The SMILES string of the molecule is CN(OCC(=O)ON1C(=O)CCC1=O)C(=O)c1cc2c([n+](CCCS(=O)(=O)[O-])c1)N=C(/C=C/C=C/C=C1/N(CCCS(=O)(=O)O)c3ccc(P(=O)(O)O)cc3C1(C)C)C2(C)C. The van der Waals surface area contributed by atoms with Crippen LogP contribution in [0.3, 0.4) is 0 Å². The number of fused-ring (bicyclic) bond motifs is 2. The lowest BCUT2D eigenvalue weighted by Gasteiger charge is -2.27. The Morgan fingerprint density at radius 1 is 0.984 bits per heavy atom. The largest absolute Gasteiger partial charge is 0.748 e. The third kappa shape index (κ3) is 11.1. The number of aryl methyl sites for hydroxylation is 1. The Hall–Kier alpha value is -4.93. The molecule has 23 heteroatoms. The Morgan fingerprint density at radius 2 is 1.66 bits per heavy atom. The van der Waals surface area contributed by atoms with E-state index in [2.05, 4.69) is 0 Å². The van der Waals surface area contributed by atoms with Crippen molar-refractivity contribution < 1.29 is 73.7 Å². The summed E-state index contributed by atoms with van der Waals surface area (Å²) in [6.45, 7) is 6.75. The maximum absolute atomic E-state index is 13.6. The van der Waals surface area contributed by atoms with Crippen LogP contribution in [-0.2, 0) is 66.2 Å². The minimum atomic E-state index is -4.59. The molecule has 3 N–H and O–H groups in total. The van der Waals surface area contributed by atoms with Crippen molar-refractivity contribution in [2.45, 2.75) is 70.8 Å². The average Bonchev–Trinajstić information content (AvgIpc) is 3.68. The number of amides is 3. The number of hydroxylamine groups is 4. The fourth-order valence-electron chi connectivity index (χ4n) is 7.09. The number of aliphatic imine (C=N–C) groups is 1. The first-order valence-electron chi connectivity index (χ1n) is 18.8. The van der Waals surface area contributed by atoms with Crippen molar-refractivity contribution in [3.63, 3.8) is 0 Å². The van der Waals surface area contributed by atoms with E-state index in [0.29, 0.717) is 39.1 Å². The molecule has 0 atom stereocenters. The zero-order valence-corrected chi connectivity index (χ0v) is 36.4. The first-order chi connectivity index (χ1) is 28.2. The molecule has 4 heterocycles. The predicted molar refractivity (Wildman–Crippen MR) is 217 cm³/mol. The lowest BCUT2D eigenvalue weighted by atomic mass is 9.81. The molecule has 1 saturated heterocycles. The molecule has 0 saturated carbocycles. The quantitative estimate of drug-likeness (QED) is 0.0509. The van der Waals surface area contributed by atoms with Crippen LogP contribution in [0, 0.1) is 0 Å². The molecule has 0 unspecified atom stereocenters. The molecule has 0 spiro atoms. The molecule has 1 fully saturated rings. The van der Waals surface area contributed by atoms with E-state index in [1.807, 2.05) is 32.6 Å². The van der Waals surface area contributed by atoms with Gasteiger partial charge in [0.2, 0.25) is 0 Å². The molecule has 20 nitrogen and oxygen atoms in total. The van der Waals surface area contributed by atoms with Crippen molar-refractivity contribution in [1.29, 1.82) is 0 Å². The smallest absolute Gasteiger partial charge is 0.361 e. The van der Waals surface area contributed by atoms with E-state index < -0.39 is 80.5 Å². The summed E-state index contributed by atoms with van der Waals surface area (Å²) in [7, 11) is -12.2. The van der Waals surface area contributed by atoms with Crippen molar-refractivity contribution >= 4 is 74.0 Å². The van der Waals surface area contributed by atoms with Gasteiger partial charge in [-0.05, 0) is 73.7 Å². The number of imide groups is 1. The molecule has 3 aliphatic heterocycles. The van der Waals surface area contributed by atoms with Gasteiger partial charge >= 0.3 is 19.4 Å². The van der Waals surface area contributed by atoms with Gasteiger partial charge in [0.15, 0.2) is 12.3 Å². The first-order valence-corrected chi connectivity index (χ1v) is 23.6. The second kappa shape index (κ2) is 17.8. The fourth-order valence-corrected chi connectivity index (χ4v) is 8.63. The van der Waals surface area contributed by atoms with Crippen molar-refractivity contribution in [2.75, 3.05) is 36.6 Å². The van der Waals surface area contributed by atoms with Crippen LogP contribution in [-0.4, -0.2) is 107 Å². The van der Waals surface area contributed by atoms with E-state index in [1.165, 1.54) is 29.9 Å². The average molecular weight is 908 g/mol. The van der Waals surface area contributed by atoms with Crippen LogP contribution in [0.15, 0.2) is 71.5 Å². The summed E-state index contributed by atoms with van der Waals surface area (Å²) < 4.78 is 80.2. The Labute approximate surface area is 352 Å². The third-order valence-corrected chi connectivity index (χ3v) is 12.8. The molecule has 3 aliphatic rings. The molecule has 3 amide bonds. The second-order valence-corrected chi connectivity index (χ2v) is 20.2. The number of anilines is 1. The molecule has 0 bridgehead atoms. The van der Waals surface area contributed by atoms with Crippen molar-refractivity contribution in [3.8, 4) is 0 Å². The molecule has 0 aliphatic carbocycles. The third-order valence-electron chi connectivity index (χ3n) is 10.3. The van der Waals surface area contributed by atoms with E-state index in [0.717, 1.165) is 5.06 Å². The number of aromatic nitrogens is 1. The van der Waals surface area contributed by atoms with Crippen molar-refractivity contribution in [1.82, 2.24) is 10.1 Å². The van der Waals surface area contributed by atoms with E-state index in [4.69, 9.17) is 14.7 Å². The highest BCUT2D eigenvalue weighted by Gasteiger charge is 2.44. The van der Waals surface area contributed by atoms with Gasteiger partial charge < -0.3 is 24.1 Å². The molecule has 1 aromatic heterocycles. The van der Waals surface area contributed by atoms with Crippen molar-refractivity contribution in [3.05, 3.63) is 83.2 Å². The van der Waals surface area contributed by atoms with Crippen LogP contribution in [0.1, 0.15) is 74.9 Å². The minimum Gasteiger partial charge on any atom is -0.748 e. The van der Waals surface area contributed by atoms with Crippen LogP contribution in [0.25, 0.3) is 0 Å². The van der Waals surface area contributed by atoms with Gasteiger partial charge in [-0.3, -0.25) is 28.3 Å². The number of hydrogen-bond acceptors (Lipinski definition) is 14. The van der Waals surface area contributed by atoms with Gasteiger partial charge in [0.1, 0.15) is 6.20 Å². The van der Waals surface area contributed by atoms with Crippen LogP contribution in [0.5, 0.6) is 0 Å². The number of benzene rings is 1. The Bertz CT molecular complexity index is 2530. The Kier molecular flexibility index (Phi) is 13.8. The van der Waals surface area contributed by atoms with E-state index >= 15 is 0 Å². The second-order valence-electron chi connectivity index (χ2n) is 15.5. The zero-order chi connectivity index (χ0) is 45.3. The monoisotopic (exact) mass is 907 g/mol. The van der Waals surface area contributed by atoms with Crippen LogP contribution < -0.4 is 14.8 Å². The van der Waals surface area contributed by atoms with Gasteiger partial charge in [-0.25, -0.2) is 22.8 Å². The van der Waals surface area contributed by atoms with E-state index in [-0.39, 0.29) is 49.6 Å². The molecular formula is C38H46N5O15PS2. The maximum atomic E-state index is 13.6. The molecule has 1 aromatic carbocycles. The van der Waals surface area contributed by atoms with Crippen LogP contribution >= 0.6 is 7.60 Å². The minimum absolute atomic E-state index is 0.0156. The van der Waals surface area contributed by atoms with Crippen molar-refractivity contribution in [2.24, 2.45) is 4.99 Å². The zero-order valence-electron chi connectivity index (χ0n) is 33.9. The summed E-state index contributed by atoms with van der Waals surface area (Å²) in [5.41, 5.74) is 1.47. The van der Waals surface area contributed by atoms with E-state index in [1.54, 1.807) is 42.5 Å². The summed E-state index contributed by atoms with van der Waals surface area (Å²) in [4.78, 5) is 85.8. The first kappa shape index (κ1) is 47.1. The summed E-state index contributed by atoms with van der Waals surface area (Å²) in [5, 5.41) is 0.931. The van der Waals surface area contributed by atoms with Gasteiger partial charge in [-0.2, -0.15) is 8.42 Å². The summed E-state index contributed by atoms with van der Waals surface area (Å²) in [5.74, 6) is -3.99. The predicted octanol–water partition coefficient (Wildman–Crippen LogP) is 1.76. The molecular weight excluding hydrogens is 862 g/mol. The van der Waals surface area contributed by atoms with Gasteiger partial charge in [0, 0.05) is 49.0 Å². The molecule has 5 rings (SSSR count). The summed E-state index contributed by atoms with van der Waals surface area (Å²) >= 11 is 0. The Morgan fingerprint density at radius 3 is 2.28 bits per heavy atom. The topological polar surface area (TPSA) is 282 Å². The Balaban J connectivity index is 1.38. The maximum Gasteiger partial charge on any atom is 0.361 e. The standard InChI is InChI=1S/C38H46N5O15PS2/c1-37(2)28-21-25(36(47)40(5)57-24-34(46)58-43-32(44)15-16-33(43)45)23-41(17-9-19-60(51,52)53)35(28)39-30(37)11-7-6-8-12-31-38(3,4)27-22-26(59(48,49)50)13-14-29(27)42(31)18-10-20-61(54,55)56/h6-8,11-14,21-23H,9-10,15-20,24H2,1-5H3,(H3-,48,49,50,51,52,53,54,55,56). The lowest BCUT2D eigenvalue weighted by Crippen LogP contribution is -2.39. The molecule has 2 aromatic rings. The highest BCUT2D eigenvalue weighted by molar-refractivity contribution is 7.85. The number of hydrogen-bond donors (Lipinski definition) is 3. The molecule has 0 radical (unpaired) electrons. The summed E-state index contributed by atoms with van der Waals surface area (Å²) in [6.07, 6.45) is 9.80. The van der Waals surface area contributed by atoms with Gasteiger partial charge in [0.25, 0.3) is 27.8 Å². The highest BCUT2D eigenvalue weighted by atomic mass is 32.2.